The Labute approximate surface area is 196 Å². The summed E-state index contributed by atoms with van der Waals surface area (Å²) in [5.41, 5.74) is 7.30. The van der Waals surface area contributed by atoms with Crippen LogP contribution < -0.4 is 21.1 Å². The summed E-state index contributed by atoms with van der Waals surface area (Å²) in [5, 5.41) is 5.34. The summed E-state index contributed by atoms with van der Waals surface area (Å²) in [4.78, 5) is 55.4. The number of nitrogens with zero attached hydrogens (tertiary/aromatic N) is 2. The molecular formula is C24H27N5O5. The van der Waals surface area contributed by atoms with Gasteiger partial charge in [-0.2, -0.15) is 0 Å². The summed E-state index contributed by atoms with van der Waals surface area (Å²) in [5.74, 6) is -2.13. The lowest BCUT2D eigenvalue weighted by Crippen LogP contribution is -2.55. The number of nitrogens with two attached hydrogens (primary N) is 1. The number of hydrogen-bond acceptors (Lipinski definition) is 6. The van der Waals surface area contributed by atoms with Gasteiger partial charge >= 0.3 is 11.8 Å². The molecule has 1 saturated heterocycles. The van der Waals surface area contributed by atoms with Crippen molar-refractivity contribution in [2.45, 2.75) is 38.6 Å². The molecular weight excluding hydrogens is 438 g/mol. The SMILES string of the molecule is COc1ncc(NC(=O)C(=O)N2C[C@@H](C)CC[C@@]2(C)c2ccc3c(c2)CC(=O)N3)cc1C(N)=O. The van der Waals surface area contributed by atoms with Gasteiger partial charge in [0.1, 0.15) is 5.56 Å². The molecule has 0 unspecified atom stereocenters. The number of carbonyl (C=O) groups excluding carboxylic acids is 4. The van der Waals surface area contributed by atoms with Gasteiger partial charge in [-0.1, -0.05) is 19.1 Å². The minimum Gasteiger partial charge on any atom is -0.480 e. The molecule has 178 valence electrons. The number of nitrogens with one attached hydrogen (secondary N) is 2. The fourth-order valence-electron chi connectivity index (χ4n) is 4.61. The lowest BCUT2D eigenvalue weighted by atomic mass is 9.78. The van der Waals surface area contributed by atoms with E-state index in [1.807, 2.05) is 32.0 Å². The van der Waals surface area contributed by atoms with E-state index in [1.165, 1.54) is 19.4 Å². The maximum absolute atomic E-state index is 13.4. The maximum atomic E-state index is 13.4. The average Bonchev–Trinajstić information content (AvgIpc) is 3.19. The van der Waals surface area contributed by atoms with Gasteiger partial charge in [0, 0.05) is 12.2 Å². The molecule has 2 aliphatic rings. The van der Waals surface area contributed by atoms with Crippen molar-refractivity contribution in [1.82, 2.24) is 9.88 Å². The van der Waals surface area contributed by atoms with Gasteiger partial charge in [-0.15, -0.1) is 0 Å². The van der Waals surface area contributed by atoms with Gasteiger partial charge < -0.3 is 26.0 Å². The third-order valence-electron chi connectivity index (χ3n) is 6.57. The lowest BCUT2D eigenvalue weighted by molar-refractivity contribution is -0.150. The van der Waals surface area contributed by atoms with E-state index in [-0.39, 0.29) is 35.4 Å². The summed E-state index contributed by atoms with van der Waals surface area (Å²) >= 11 is 0. The number of benzene rings is 1. The smallest absolute Gasteiger partial charge is 0.313 e. The lowest BCUT2D eigenvalue weighted by Gasteiger charge is -2.47. The molecule has 1 aromatic carbocycles. The molecule has 0 spiro atoms. The van der Waals surface area contributed by atoms with Crippen molar-refractivity contribution in [3.63, 3.8) is 0 Å². The highest BCUT2D eigenvalue weighted by Crippen LogP contribution is 2.41. The highest BCUT2D eigenvalue weighted by Gasteiger charge is 2.43. The van der Waals surface area contributed by atoms with E-state index < -0.39 is 23.3 Å². The fourth-order valence-corrected chi connectivity index (χ4v) is 4.61. The number of aromatic nitrogens is 1. The molecule has 0 bridgehead atoms. The van der Waals surface area contributed by atoms with Crippen LogP contribution in [0.2, 0.25) is 0 Å². The number of amides is 4. The van der Waals surface area contributed by atoms with Gasteiger partial charge in [0.25, 0.3) is 5.91 Å². The first-order chi connectivity index (χ1) is 16.1. The normalized spacial score (nSPS) is 21.4. The number of methoxy groups -OCH3 is 1. The Hall–Kier alpha value is -3.95. The molecule has 34 heavy (non-hydrogen) atoms. The summed E-state index contributed by atoms with van der Waals surface area (Å²) in [6.45, 7) is 4.39. The van der Waals surface area contributed by atoms with E-state index in [0.717, 1.165) is 23.2 Å². The number of ether oxygens (including phenoxy) is 1. The van der Waals surface area contributed by atoms with Gasteiger partial charge in [0.15, 0.2) is 0 Å². The van der Waals surface area contributed by atoms with Crippen molar-refractivity contribution in [3.8, 4) is 5.88 Å². The number of rotatable bonds is 4. The molecule has 2 aliphatic heterocycles. The quantitative estimate of drug-likeness (QED) is 0.588. The van der Waals surface area contributed by atoms with Crippen molar-refractivity contribution in [1.29, 1.82) is 0 Å². The molecule has 4 rings (SSSR count). The Morgan fingerprint density at radius 3 is 2.76 bits per heavy atom. The van der Waals surface area contributed by atoms with Crippen molar-refractivity contribution in [2.24, 2.45) is 11.7 Å². The van der Waals surface area contributed by atoms with Gasteiger partial charge in [0.2, 0.25) is 11.8 Å². The summed E-state index contributed by atoms with van der Waals surface area (Å²) in [7, 11) is 1.35. The minimum atomic E-state index is -0.847. The van der Waals surface area contributed by atoms with E-state index in [2.05, 4.69) is 15.6 Å². The monoisotopic (exact) mass is 465 g/mol. The number of likely N-dealkylation sites (tertiary alicyclic amines) is 1. The molecule has 4 amide bonds. The van der Waals surface area contributed by atoms with Crippen molar-refractivity contribution >= 4 is 35.0 Å². The third kappa shape index (κ3) is 4.18. The summed E-state index contributed by atoms with van der Waals surface area (Å²) in [6, 6.07) is 7.00. The average molecular weight is 466 g/mol. The number of anilines is 2. The van der Waals surface area contributed by atoms with Gasteiger partial charge in [-0.25, -0.2) is 4.98 Å². The van der Waals surface area contributed by atoms with Crippen LogP contribution in [0.3, 0.4) is 0 Å². The van der Waals surface area contributed by atoms with Crippen LogP contribution in [-0.2, 0) is 26.3 Å². The Morgan fingerprint density at radius 1 is 1.29 bits per heavy atom. The summed E-state index contributed by atoms with van der Waals surface area (Å²) < 4.78 is 5.01. The maximum Gasteiger partial charge on any atom is 0.313 e. The van der Waals surface area contributed by atoms with Gasteiger partial charge in [-0.3, -0.25) is 19.2 Å². The van der Waals surface area contributed by atoms with Crippen LogP contribution in [0, 0.1) is 5.92 Å². The molecule has 10 nitrogen and oxygen atoms in total. The highest BCUT2D eigenvalue weighted by atomic mass is 16.5. The van der Waals surface area contributed by atoms with Crippen molar-refractivity contribution < 1.29 is 23.9 Å². The molecule has 0 radical (unpaired) electrons. The van der Waals surface area contributed by atoms with E-state index in [1.54, 1.807) is 4.90 Å². The zero-order chi connectivity index (χ0) is 24.6. The Morgan fingerprint density at radius 2 is 2.06 bits per heavy atom. The molecule has 4 N–H and O–H groups in total. The number of fused-ring (bicyclic) bond motifs is 1. The van der Waals surface area contributed by atoms with Crippen molar-refractivity contribution in [3.05, 3.63) is 47.2 Å². The number of primary amides is 1. The second-order valence-electron chi connectivity index (χ2n) is 9.03. The standard InChI is InChI=1S/C24H27N5O5/c1-13-6-7-24(2,15-4-5-18-14(8-15)9-19(30)28-18)29(12-13)23(33)21(32)27-16-10-17(20(25)31)22(34-3)26-11-16/h4-5,8,10-11,13H,6-7,9,12H2,1-3H3,(H2,25,31)(H,27,32)(H,28,30)/t13-,24-/m0/s1. The largest absolute Gasteiger partial charge is 0.480 e. The zero-order valence-electron chi connectivity index (χ0n) is 19.3. The Kier molecular flexibility index (Phi) is 5.99. The van der Waals surface area contributed by atoms with Crippen LogP contribution in [0.4, 0.5) is 11.4 Å². The number of carbonyl (C=O) groups is 4. The molecule has 0 aliphatic carbocycles. The van der Waals surface area contributed by atoms with Crippen LogP contribution in [0.25, 0.3) is 0 Å². The van der Waals surface area contributed by atoms with Crippen LogP contribution in [0.1, 0.15) is 48.2 Å². The van der Waals surface area contributed by atoms with Crippen LogP contribution in [-0.4, -0.2) is 47.2 Å². The van der Waals surface area contributed by atoms with E-state index in [0.29, 0.717) is 13.0 Å². The fraction of sp³-hybridized carbons (Fsp3) is 0.375. The topological polar surface area (TPSA) is 144 Å². The van der Waals surface area contributed by atoms with Gasteiger partial charge in [-0.05, 0) is 48.9 Å². The number of piperidine rings is 1. The Bertz CT molecular complexity index is 1200. The summed E-state index contributed by atoms with van der Waals surface area (Å²) in [6.07, 6.45) is 3.14. The zero-order valence-corrected chi connectivity index (χ0v) is 19.3. The first kappa shape index (κ1) is 23.2. The predicted molar refractivity (Wildman–Crippen MR) is 124 cm³/mol. The molecule has 3 heterocycles. The van der Waals surface area contributed by atoms with Crippen LogP contribution in [0.15, 0.2) is 30.5 Å². The second kappa shape index (κ2) is 8.77. The highest BCUT2D eigenvalue weighted by molar-refractivity contribution is 6.39. The second-order valence-corrected chi connectivity index (χ2v) is 9.03. The van der Waals surface area contributed by atoms with E-state index >= 15 is 0 Å². The number of pyridine rings is 1. The minimum absolute atomic E-state index is 0.00882. The Balaban J connectivity index is 1.61. The van der Waals surface area contributed by atoms with E-state index in [4.69, 9.17) is 10.5 Å². The third-order valence-corrected chi connectivity index (χ3v) is 6.57. The molecule has 0 saturated carbocycles. The number of hydrogen-bond donors (Lipinski definition) is 3. The van der Waals surface area contributed by atoms with Crippen LogP contribution >= 0.6 is 0 Å². The first-order valence-electron chi connectivity index (χ1n) is 11.0. The van der Waals surface area contributed by atoms with E-state index in [9.17, 15) is 19.2 Å². The molecule has 1 aromatic heterocycles. The molecule has 10 heteroatoms. The van der Waals surface area contributed by atoms with Crippen molar-refractivity contribution in [2.75, 3.05) is 24.3 Å². The van der Waals surface area contributed by atoms with Gasteiger partial charge in [0.05, 0.1) is 31.0 Å². The predicted octanol–water partition coefficient (Wildman–Crippen LogP) is 1.80. The molecule has 2 atom stereocenters. The molecule has 1 fully saturated rings. The van der Waals surface area contributed by atoms with Crippen LogP contribution in [0.5, 0.6) is 5.88 Å². The first-order valence-corrected chi connectivity index (χ1v) is 11.0. The molecule has 2 aromatic rings.